The summed E-state index contributed by atoms with van der Waals surface area (Å²) in [6, 6.07) is 0. The van der Waals surface area contributed by atoms with E-state index in [4.69, 9.17) is 4.84 Å². The molecule has 1 N–H and O–H groups in total. The Morgan fingerprint density at radius 2 is 2.20 bits per heavy atom. The second kappa shape index (κ2) is 4.28. The van der Waals surface area contributed by atoms with Gasteiger partial charge in [-0.2, -0.15) is 5.06 Å². The van der Waals surface area contributed by atoms with Gasteiger partial charge >= 0.3 is 0 Å². The normalized spacial score (nSPS) is 55.0. The Balaban J connectivity index is 1.78. The highest BCUT2D eigenvalue weighted by molar-refractivity contribution is 5.80. The monoisotopic (exact) mass is 279 g/mol. The Bertz CT molecular complexity index is 439. The molecule has 112 valence electrons. The van der Waals surface area contributed by atoms with Crippen molar-refractivity contribution in [3.8, 4) is 0 Å². The molecule has 6 unspecified atom stereocenters. The third kappa shape index (κ3) is 1.50. The summed E-state index contributed by atoms with van der Waals surface area (Å²) in [6.07, 6.45) is 6.26. The zero-order valence-electron chi connectivity index (χ0n) is 12.3. The average molecular weight is 279 g/mol. The molecule has 20 heavy (non-hydrogen) atoms. The Morgan fingerprint density at radius 1 is 1.35 bits per heavy atom. The first-order valence-electron chi connectivity index (χ1n) is 8.18. The molecule has 2 saturated heterocycles. The molecule has 0 amide bonds. The van der Waals surface area contributed by atoms with Gasteiger partial charge in [0.1, 0.15) is 5.78 Å². The van der Waals surface area contributed by atoms with E-state index in [0.29, 0.717) is 24.5 Å². The van der Waals surface area contributed by atoms with E-state index in [1.54, 1.807) is 0 Å². The fourth-order valence-corrected chi connectivity index (χ4v) is 5.83. The molecule has 2 saturated carbocycles. The maximum absolute atomic E-state index is 11.9. The van der Waals surface area contributed by atoms with E-state index in [1.165, 1.54) is 0 Å². The first kappa shape index (κ1) is 13.2. The lowest BCUT2D eigenvalue weighted by atomic mass is 9.53. The van der Waals surface area contributed by atoms with Gasteiger partial charge in [-0.1, -0.05) is 6.92 Å². The van der Waals surface area contributed by atoms with E-state index in [0.717, 1.165) is 45.2 Å². The summed E-state index contributed by atoms with van der Waals surface area (Å²) < 4.78 is 0. The summed E-state index contributed by atoms with van der Waals surface area (Å²) in [5, 5.41) is 12.9. The molecule has 0 aromatic heterocycles. The molecule has 2 aliphatic carbocycles. The summed E-state index contributed by atoms with van der Waals surface area (Å²) >= 11 is 0. The molecule has 1 spiro atoms. The van der Waals surface area contributed by atoms with E-state index in [2.05, 4.69) is 12.0 Å². The molecule has 0 aromatic carbocycles. The molecule has 6 atom stereocenters. The van der Waals surface area contributed by atoms with Crippen LogP contribution in [0.2, 0.25) is 0 Å². The minimum Gasteiger partial charge on any atom is -0.392 e. The number of hydrogen-bond acceptors (Lipinski definition) is 4. The Morgan fingerprint density at radius 3 is 3.05 bits per heavy atom. The van der Waals surface area contributed by atoms with E-state index in [1.807, 2.05) is 0 Å². The number of hydrogen-bond donors (Lipinski definition) is 1. The highest BCUT2D eigenvalue weighted by atomic mass is 16.7. The number of hydroxylamine groups is 2. The van der Waals surface area contributed by atoms with Crippen molar-refractivity contribution in [1.82, 2.24) is 5.06 Å². The predicted octanol–water partition coefficient (Wildman–Crippen LogP) is 1.91. The van der Waals surface area contributed by atoms with Crippen molar-refractivity contribution in [3.05, 3.63) is 0 Å². The number of aliphatic hydroxyl groups excluding tert-OH is 1. The molecule has 2 heterocycles. The standard InChI is InChI=1S/C16H25NO3/c1-15-13(19)10-11-9-12(18)3-6-16(11,15)5-2-7-17-8-4-14(15)20-17/h11,13-14,19H,2-10H2,1H3. The van der Waals surface area contributed by atoms with Crippen LogP contribution in [0.3, 0.4) is 0 Å². The molecule has 0 radical (unpaired) electrons. The molecular weight excluding hydrogens is 254 g/mol. The summed E-state index contributed by atoms with van der Waals surface area (Å²) in [5.41, 5.74) is -0.0467. The van der Waals surface area contributed by atoms with Crippen LogP contribution >= 0.6 is 0 Å². The van der Waals surface area contributed by atoms with Gasteiger partial charge in [0, 0.05) is 31.3 Å². The SMILES string of the molecule is CC12C(O)CC3CC(=O)CCC31CCCN1CCC2O1. The topological polar surface area (TPSA) is 49.8 Å². The number of Topliss-reactive ketones (excluding diaryl/α,β-unsaturated/α-hetero) is 1. The maximum atomic E-state index is 11.9. The molecule has 4 heteroatoms. The average Bonchev–Trinajstić information content (AvgIpc) is 2.95. The fourth-order valence-electron chi connectivity index (χ4n) is 5.83. The zero-order chi connectivity index (χ0) is 14.0. The van der Waals surface area contributed by atoms with Crippen LogP contribution in [-0.2, 0) is 9.63 Å². The molecule has 2 aliphatic heterocycles. The van der Waals surface area contributed by atoms with Gasteiger partial charge in [-0.05, 0) is 43.4 Å². The second-order valence-corrected chi connectivity index (χ2v) is 7.55. The van der Waals surface area contributed by atoms with Crippen LogP contribution < -0.4 is 0 Å². The third-order valence-corrected chi connectivity index (χ3v) is 6.99. The van der Waals surface area contributed by atoms with Gasteiger partial charge in [0.05, 0.1) is 12.2 Å². The van der Waals surface area contributed by atoms with Crippen LogP contribution in [0.1, 0.15) is 51.9 Å². The fraction of sp³-hybridized carbons (Fsp3) is 0.938. The van der Waals surface area contributed by atoms with Gasteiger partial charge in [-0.25, -0.2) is 0 Å². The molecule has 4 rings (SSSR count). The van der Waals surface area contributed by atoms with Crippen LogP contribution in [0.5, 0.6) is 0 Å². The highest BCUT2D eigenvalue weighted by Crippen LogP contribution is 2.67. The molecule has 4 fully saturated rings. The zero-order valence-corrected chi connectivity index (χ0v) is 12.3. The van der Waals surface area contributed by atoms with Crippen LogP contribution in [0, 0.1) is 16.7 Å². The quantitative estimate of drug-likeness (QED) is 0.736. The largest absolute Gasteiger partial charge is 0.392 e. The van der Waals surface area contributed by atoms with Crippen molar-refractivity contribution in [2.75, 3.05) is 13.1 Å². The Labute approximate surface area is 120 Å². The minimum atomic E-state index is -0.318. The summed E-state index contributed by atoms with van der Waals surface area (Å²) in [5.74, 6) is 0.771. The van der Waals surface area contributed by atoms with Crippen molar-refractivity contribution in [2.45, 2.75) is 64.1 Å². The van der Waals surface area contributed by atoms with Gasteiger partial charge < -0.3 is 5.11 Å². The molecule has 4 nitrogen and oxygen atoms in total. The number of carbonyl (C=O) groups excluding carboxylic acids is 1. The van der Waals surface area contributed by atoms with Gasteiger partial charge in [-0.3, -0.25) is 9.63 Å². The Hall–Kier alpha value is -0.450. The number of carbonyl (C=O) groups is 1. The van der Waals surface area contributed by atoms with Crippen LogP contribution in [-0.4, -0.2) is 41.3 Å². The van der Waals surface area contributed by atoms with Crippen LogP contribution in [0.15, 0.2) is 0 Å². The van der Waals surface area contributed by atoms with E-state index >= 15 is 0 Å². The number of aliphatic hydroxyl groups is 1. The summed E-state index contributed by atoms with van der Waals surface area (Å²) in [6.45, 7) is 4.24. The first-order valence-corrected chi connectivity index (χ1v) is 8.18. The summed E-state index contributed by atoms with van der Waals surface area (Å²) in [7, 11) is 0. The lowest BCUT2D eigenvalue weighted by molar-refractivity contribution is -0.230. The Kier molecular flexibility index (Phi) is 2.83. The molecular formula is C16H25NO3. The first-order chi connectivity index (χ1) is 9.56. The van der Waals surface area contributed by atoms with Crippen LogP contribution in [0.25, 0.3) is 0 Å². The van der Waals surface area contributed by atoms with Gasteiger partial charge in [0.25, 0.3) is 0 Å². The number of fused-ring (bicyclic) bond motifs is 3. The van der Waals surface area contributed by atoms with Crippen molar-refractivity contribution in [1.29, 1.82) is 0 Å². The number of ketones is 1. The predicted molar refractivity (Wildman–Crippen MR) is 73.8 cm³/mol. The summed E-state index contributed by atoms with van der Waals surface area (Å²) in [4.78, 5) is 18.0. The lowest BCUT2D eigenvalue weighted by Gasteiger charge is -2.53. The van der Waals surface area contributed by atoms with Crippen molar-refractivity contribution >= 4 is 5.78 Å². The van der Waals surface area contributed by atoms with Crippen molar-refractivity contribution in [3.63, 3.8) is 0 Å². The minimum absolute atomic E-state index is 0.126. The highest BCUT2D eigenvalue weighted by Gasteiger charge is 2.67. The second-order valence-electron chi connectivity index (χ2n) is 7.55. The van der Waals surface area contributed by atoms with Gasteiger partial charge in [0.2, 0.25) is 0 Å². The van der Waals surface area contributed by atoms with Crippen molar-refractivity contribution < 1.29 is 14.7 Å². The third-order valence-electron chi connectivity index (χ3n) is 6.99. The maximum Gasteiger partial charge on any atom is 0.133 e. The van der Waals surface area contributed by atoms with Crippen LogP contribution in [0.4, 0.5) is 0 Å². The number of rotatable bonds is 0. The van der Waals surface area contributed by atoms with E-state index < -0.39 is 0 Å². The van der Waals surface area contributed by atoms with E-state index in [-0.39, 0.29) is 23.0 Å². The molecule has 4 aliphatic rings. The van der Waals surface area contributed by atoms with Gasteiger partial charge in [-0.15, -0.1) is 0 Å². The van der Waals surface area contributed by atoms with Crippen molar-refractivity contribution in [2.24, 2.45) is 16.7 Å². The lowest BCUT2D eigenvalue weighted by Crippen LogP contribution is -2.54. The van der Waals surface area contributed by atoms with Gasteiger partial charge in [0.15, 0.2) is 0 Å². The molecule has 2 bridgehead atoms. The molecule has 0 aromatic rings. The van der Waals surface area contributed by atoms with E-state index in [9.17, 15) is 9.90 Å². The smallest absolute Gasteiger partial charge is 0.133 e. The number of nitrogens with zero attached hydrogens (tertiary/aromatic N) is 1.